The molecule has 0 heterocycles. The van der Waals surface area contributed by atoms with E-state index in [1.165, 1.54) is 0 Å². The third-order valence-electron chi connectivity index (χ3n) is 2.32. The van der Waals surface area contributed by atoms with E-state index in [-0.39, 0.29) is 29.6 Å². The molecule has 0 amide bonds. The molecule has 0 aliphatic heterocycles. The fourth-order valence-corrected chi connectivity index (χ4v) is 1.52. The van der Waals surface area contributed by atoms with Gasteiger partial charge in [-0.25, -0.2) is 0 Å². The van der Waals surface area contributed by atoms with Crippen molar-refractivity contribution in [1.82, 2.24) is 0 Å². The Kier molecular flexibility index (Phi) is 5.92. The molecule has 2 aromatic carbocycles. The average Bonchev–Trinajstić information content (AvgIpc) is 2.38. The Morgan fingerprint density at radius 1 is 0.944 bits per heavy atom. The number of aliphatic carboxylic acids is 1. The Labute approximate surface area is 128 Å². The van der Waals surface area contributed by atoms with E-state index in [1.54, 1.807) is 12.1 Å². The minimum absolute atomic E-state index is 0. The minimum Gasteiger partial charge on any atom is -0.546 e. The van der Waals surface area contributed by atoms with Gasteiger partial charge in [0.25, 0.3) is 0 Å². The Morgan fingerprint density at radius 3 is 2.06 bits per heavy atom. The van der Waals surface area contributed by atoms with E-state index in [9.17, 15) is 9.90 Å². The first-order valence-electron chi connectivity index (χ1n) is 5.24. The van der Waals surface area contributed by atoms with Gasteiger partial charge in [-0.15, -0.1) is 0 Å². The second-order valence-corrected chi connectivity index (χ2v) is 3.55. The topological polar surface area (TPSA) is 49.4 Å². The van der Waals surface area contributed by atoms with Gasteiger partial charge in [0.1, 0.15) is 12.4 Å². The second kappa shape index (κ2) is 7.21. The summed E-state index contributed by atoms with van der Waals surface area (Å²) in [5.41, 5.74) is 2.17. The van der Waals surface area contributed by atoms with Crippen LogP contribution in [-0.4, -0.2) is 12.6 Å². The fraction of sp³-hybridized carbons (Fsp3) is 0.0714. The van der Waals surface area contributed by atoms with Gasteiger partial charge in [0.05, 0.1) is 5.97 Å². The zero-order valence-electron chi connectivity index (χ0n) is 10.1. The van der Waals surface area contributed by atoms with Crippen molar-refractivity contribution in [2.24, 2.45) is 0 Å². The van der Waals surface area contributed by atoms with Crippen molar-refractivity contribution in [2.75, 3.05) is 6.61 Å². The smallest absolute Gasteiger partial charge is 0.546 e. The molecule has 0 saturated heterocycles. The summed E-state index contributed by atoms with van der Waals surface area (Å²) in [5, 5.41) is 10.2. The molecule has 86 valence electrons. The summed E-state index contributed by atoms with van der Waals surface area (Å²) in [5.74, 6) is -0.703. The zero-order valence-corrected chi connectivity index (χ0v) is 12.1. The van der Waals surface area contributed by atoms with E-state index in [4.69, 9.17) is 4.74 Å². The van der Waals surface area contributed by atoms with Gasteiger partial charge in [-0.3, -0.25) is 0 Å². The second-order valence-electron chi connectivity index (χ2n) is 3.55. The first-order chi connectivity index (χ1) is 8.25. The maximum absolute atomic E-state index is 10.2. The van der Waals surface area contributed by atoms with Crippen LogP contribution in [0.4, 0.5) is 0 Å². The van der Waals surface area contributed by atoms with E-state index < -0.39 is 12.6 Å². The van der Waals surface area contributed by atoms with Gasteiger partial charge in [0.15, 0.2) is 0 Å². The third kappa shape index (κ3) is 4.18. The molecule has 18 heavy (non-hydrogen) atoms. The Bertz CT molecular complexity index is 494. The van der Waals surface area contributed by atoms with Crippen LogP contribution >= 0.6 is 0 Å². The molecule has 0 fully saturated rings. The molecule has 0 aliphatic carbocycles. The quantitative estimate of drug-likeness (QED) is 0.620. The van der Waals surface area contributed by atoms with Crippen molar-refractivity contribution in [3.05, 3.63) is 54.6 Å². The van der Waals surface area contributed by atoms with Gasteiger partial charge in [0.2, 0.25) is 0 Å². The first kappa shape index (κ1) is 14.8. The van der Waals surface area contributed by atoms with Crippen molar-refractivity contribution in [2.45, 2.75) is 0 Å². The maximum Gasteiger partial charge on any atom is 1.00 e. The van der Waals surface area contributed by atoms with Crippen molar-refractivity contribution >= 4 is 5.97 Å². The van der Waals surface area contributed by atoms with E-state index in [0.717, 1.165) is 11.1 Å². The van der Waals surface area contributed by atoms with Crippen LogP contribution in [0, 0.1) is 0 Å². The Balaban J connectivity index is 0.00000162. The van der Waals surface area contributed by atoms with Gasteiger partial charge >= 0.3 is 29.6 Å². The summed E-state index contributed by atoms with van der Waals surface area (Å²) in [6.07, 6.45) is 0. The van der Waals surface area contributed by atoms with Crippen LogP contribution in [0.2, 0.25) is 0 Å². The van der Waals surface area contributed by atoms with Crippen molar-refractivity contribution in [3.63, 3.8) is 0 Å². The molecule has 0 spiro atoms. The van der Waals surface area contributed by atoms with Crippen molar-refractivity contribution in [3.8, 4) is 16.9 Å². The number of hydrogen-bond donors (Lipinski definition) is 0. The number of benzene rings is 2. The molecule has 4 heteroatoms. The summed E-state index contributed by atoms with van der Waals surface area (Å²) in [6.45, 7) is -0.426. The molecular formula is C14H11NaO3. The Hall–Kier alpha value is -1.29. The number of carboxylic acids is 1. The predicted molar refractivity (Wildman–Crippen MR) is 62.4 cm³/mol. The molecule has 0 aromatic heterocycles. The SMILES string of the molecule is O=C([O-])COc1ccc(-c2ccccc2)cc1.[Na+]. The molecule has 0 bridgehead atoms. The van der Waals surface area contributed by atoms with Crippen LogP contribution in [0.15, 0.2) is 54.6 Å². The number of carboxylic acid groups (broad SMARTS) is 1. The van der Waals surface area contributed by atoms with Gasteiger partial charge in [-0.1, -0.05) is 42.5 Å². The summed E-state index contributed by atoms with van der Waals surface area (Å²) in [7, 11) is 0. The van der Waals surface area contributed by atoms with Crippen molar-refractivity contribution in [1.29, 1.82) is 0 Å². The third-order valence-corrected chi connectivity index (χ3v) is 2.32. The predicted octanol–water partition coefficient (Wildman–Crippen LogP) is -1.51. The van der Waals surface area contributed by atoms with Gasteiger partial charge < -0.3 is 14.6 Å². The summed E-state index contributed by atoms with van der Waals surface area (Å²) in [6, 6.07) is 17.2. The van der Waals surface area contributed by atoms with E-state index in [1.807, 2.05) is 42.5 Å². The van der Waals surface area contributed by atoms with Crippen LogP contribution in [-0.2, 0) is 4.79 Å². The van der Waals surface area contributed by atoms with E-state index >= 15 is 0 Å². The Morgan fingerprint density at radius 2 is 1.50 bits per heavy atom. The number of ether oxygens (including phenoxy) is 1. The molecule has 2 rings (SSSR count). The number of hydrogen-bond acceptors (Lipinski definition) is 3. The van der Waals surface area contributed by atoms with Crippen LogP contribution in [0.5, 0.6) is 5.75 Å². The average molecular weight is 250 g/mol. The molecule has 0 saturated carbocycles. The maximum atomic E-state index is 10.2. The monoisotopic (exact) mass is 250 g/mol. The van der Waals surface area contributed by atoms with E-state index in [2.05, 4.69) is 0 Å². The normalized spacial score (nSPS) is 9.33. The van der Waals surface area contributed by atoms with Gasteiger partial charge in [-0.2, -0.15) is 0 Å². The summed E-state index contributed by atoms with van der Waals surface area (Å²) < 4.78 is 5.00. The molecule has 0 radical (unpaired) electrons. The minimum atomic E-state index is -1.22. The van der Waals surface area contributed by atoms with E-state index in [0.29, 0.717) is 5.75 Å². The summed E-state index contributed by atoms with van der Waals surface area (Å²) >= 11 is 0. The summed E-state index contributed by atoms with van der Waals surface area (Å²) in [4.78, 5) is 10.2. The van der Waals surface area contributed by atoms with Crippen LogP contribution in [0.1, 0.15) is 0 Å². The standard InChI is InChI=1S/C14H12O3.Na/c15-14(16)10-17-13-8-6-12(7-9-13)11-4-2-1-3-5-11;/h1-9H,10H2,(H,15,16);/q;+1/p-1. The molecule has 0 atom stereocenters. The number of carbonyl (C=O) groups excluding carboxylic acids is 1. The number of carbonyl (C=O) groups is 1. The molecule has 0 aliphatic rings. The largest absolute Gasteiger partial charge is 1.00 e. The molecule has 0 unspecified atom stereocenters. The fourth-order valence-electron chi connectivity index (χ4n) is 1.52. The van der Waals surface area contributed by atoms with Crippen molar-refractivity contribution < 1.29 is 44.2 Å². The molecule has 3 nitrogen and oxygen atoms in total. The first-order valence-corrected chi connectivity index (χ1v) is 5.24. The van der Waals surface area contributed by atoms with Crippen LogP contribution in [0.25, 0.3) is 11.1 Å². The number of rotatable bonds is 4. The molecular weight excluding hydrogens is 239 g/mol. The zero-order chi connectivity index (χ0) is 12.1. The van der Waals surface area contributed by atoms with Crippen LogP contribution < -0.4 is 39.4 Å². The van der Waals surface area contributed by atoms with Gasteiger partial charge in [0, 0.05) is 0 Å². The molecule has 2 aromatic rings. The van der Waals surface area contributed by atoms with Gasteiger partial charge in [-0.05, 0) is 23.3 Å². The van der Waals surface area contributed by atoms with Crippen LogP contribution in [0.3, 0.4) is 0 Å². The molecule has 0 N–H and O–H groups in total.